The molecule has 0 spiro atoms. The van der Waals surface area contributed by atoms with Crippen molar-refractivity contribution in [3.63, 3.8) is 0 Å². The van der Waals surface area contributed by atoms with E-state index in [0.29, 0.717) is 0 Å². The Kier molecular flexibility index (Phi) is 4.06. The highest BCUT2D eigenvalue weighted by molar-refractivity contribution is 5.34. The highest BCUT2D eigenvalue weighted by atomic mass is 19.4. The molecule has 0 radical (unpaired) electrons. The van der Waals surface area contributed by atoms with Crippen LogP contribution in [0.5, 0.6) is 0 Å². The van der Waals surface area contributed by atoms with Crippen LogP contribution in [0.15, 0.2) is 24.3 Å². The monoisotopic (exact) mass is 248 g/mol. The Balaban J connectivity index is 2.87. The van der Waals surface area contributed by atoms with Crippen LogP contribution < -0.4 is 0 Å². The number of nitro benzene ring substituents is 1. The number of hydrogen-bond acceptors (Lipinski definition) is 3. The van der Waals surface area contributed by atoms with Gasteiger partial charge in [-0.1, -0.05) is 19.1 Å². The van der Waals surface area contributed by atoms with E-state index in [2.05, 4.69) is 0 Å². The van der Waals surface area contributed by atoms with Gasteiger partial charge in [0.15, 0.2) is 0 Å². The molecule has 0 aliphatic heterocycles. The Morgan fingerprint density at radius 3 is 2.53 bits per heavy atom. The third-order valence-electron chi connectivity index (χ3n) is 2.24. The summed E-state index contributed by atoms with van der Waals surface area (Å²) in [5.41, 5.74) is 0.0547. The molecule has 1 aromatic carbocycles. The van der Waals surface area contributed by atoms with Crippen LogP contribution in [-0.2, 0) is 6.54 Å². The Hall–Kier alpha value is -1.63. The molecule has 0 saturated heterocycles. The van der Waals surface area contributed by atoms with E-state index >= 15 is 0 Å². The molecule has 17 heavy (non-hydrogen) atoms. The number of non-ortho nitro benzene ring substituents is 1. The van der Waals surface area contributed by atoms with Gasteiger partial charge in [-0.05, 0) is 5.56 Å². The lowest BCUT2D eigenvalue weighted by atomic mass is 10.2. The van der Waals surface area contributed by atoms with E-state index in [0.717, 1.165) is 6.07 Å². The summed E-state index contributed by atoms with van der Waals surface area (Å²) in [4.78, 5) is 10.1. The molecule has 0 aliphatic rings. The van der Waals surface area contributed by atoms with Crippen LogP contribution in [0.4, 0.5) is 18.9 Å². The van der Waals surface area contributed by atoms with E-state index in [-0.39, 0.29) is 29.2 Å². The van der Waals surface area contributed by atoms with Gasteiger partial charge in [0, 0.05) is 25.2 Å². The lowest BCUT2D eigenvalue weighted by molar-refractivity contribution is -0.385. The molecule has 94 valence electrons. The molecule has 0 unspecified atom stereocenters. The first kappa shape index (κ1) is 13.4. The number of benzene rings is 1. The van der Waals surface area contributed by atoms with E-state index in [4.69, 9.17) is 0 Å². The summed E-state index contributed by atoms with van der Waals surface area (Å²) in [6.45, 7) is 0.790. The standard InChI is InChI=1S/C10H11F3N2O2/c1-2-14(10(11,12)13)7-8-4-3-5-9(6-8)15(16)17/h3-6H,2,7H2,1H3. The van der Waals surface area contributed by atoms with Crippen molar-refractivity contribution in [2.45, 2.75) is 19.8 Å². The van der Waals surface area contributed by atoms with Crippen molar-refractivity contribution in [3.05, 3.63) is 39.9 Å². The van der Waals surface area contributed by atoms with Gasteiger partial charge in [-0.2, -0.15) is 13.2 Å². The molecule has 0 fully saturated rings. The SMILES string of the molecule is CCN(Cc1cccc([N+](=O)[O-])c1)C(F)(F)F. The van der Waals surface area contributed by atoms with Gasteiger partial charge < -0.3 is 0 Å². The van der Waals surface area contributed by atoms with Crippen molar-refractivity contribution in [1.82, 2.24) is 4.90 Å². The minimum absolute atomic E-state index is 0.202. The Morgan fingerprint density at radius 1 is 1.41 bits per heavy atom. The second-order valence-corrected chi connectivity index (χ2v) is 3.41. The molecule has 0 amide bonds. The molecule has 0 atom stereocenters. The molecule has 0 heterocycles. The van der Waals surface area contributed by atoms with Crippen molar-refractivity contribution < 1.29 is 18.1 Å². The second kappa shape index (κ2) is 5.13. The number of hydrogen-bond donors (Lipinski definition) is 0. The molecule has 1 rings (SSSR count). The zero-order valence-electron chi connectivity index (χ0n) is 9.07. The van der Waals surface area contributed by atoms with Gasteiger partial charge in [-0.25, -0.2) is 4.90 Å². The Labute approximate surface area is 95.8 Å². The molecular formula is C10H11F3N2O2. The highest BCUT2D eigenvalue weighted by Crippen LogP contribution is 2.24. The normalized spacial score (nSPS) is 11.8. The number of alkyl halides is 3. The summed E-state index contributed by atoms with van der Waals surface area (Å²) in [6, 6.07) is 5.20. The van der Waals surface area contributed by atoms with Crippen molar-refractivity contribution in [2.75, 3.05) is 6.54 Å². The third kappa shape index (κ3) is 3.70. The maximum atomic E-state index is 12.5. The summed E-state index contributed by atoms with van der Waals surface area (Å²) in [7, 11) is 0. The Morgan fingerprint density at radius 2 is 2.06 bits per heavy atom. The summed E-state index contributed by atoms with van der Waals surface area (Å²) in [5.74, 6) is 0. The molecule has 0 saturated carbocycles. The molecule has 0 aromatic heterocycles. The lowest BCUT2D eigenvalue weighted by Gasteiger charge is -2.22. The van der Waals surface area contributed by atoms with Crippen LogP contribution in [0.25, 0.3) is 0 Å². The van der Waals surface area contributed by atoms with Gasteiger partial charge in [0.25, 0.3) is 5.69 Å². The van der Waals surface area contributed by atoms with E-state index in [9.17, 15) is 23.3 Å². The van der Waals surface area contributed by atoms with Crippen molar-refractivity contribution in [1.29, 1.82) is 0 Å². The van der Waals surface area contributed by atoms with Crippen LogP contribution in [0.2, 0.25) is 0 Å². The fourth-order valence-electron chi connectivity index (χ4n) is 1.37. The van der Waals surface area contributed by atoms with E-state index in [1.54, 1.807) is 0 Å². The first-order valence-electron chi connectivity index (χ1n) is 4.89. The van der Waals surface area contributed by atoms with Gasteiger partial charge in [-0.3, -0.25) is 10.1 Å². The average molecular weight is 248 g/mol. The first-order chi connectivity index (χ1) is 7.84. The fourth-order valence-corrected chi connectivity index (χ4v) is 1.37. The lowest BCUT2D eigenvalue weighted by Crippen LogP contribution is -2.37. The predicted molar refractivity (Wildman–Crippen MR) is 55.2 cm³/mol. The number of rotatable bonds is 4. The zero-order chi connectivity index (χ0) is 13.1. The zero-order valence-corrected chi connectivity index (χ0v) is 9.07. The summed E-state index contributed by atoms with van der Waals surface area (Å²) in [5, 5.41) is 10.5. The number of nitro groups is 1. The van der Waals surface area contributed by atoms with Crippen molar-refractivity contribution in [3.8, 4) is 0 Å². The second-order valence-electron chi connectivity index (χ2n) is 3.41. The molecule has 0 aliphatic carbocycles. The number of halogens is 3. The van der Waals surface area contributed by atoms with E-state index in [1.165, 1.54) is 25.1 Å². The van der Waals surface area contributed by atoms with Crippen LogP contribution >= 0.6 is 0 Å². The van der Waals surface area contributed by atoms with Crippen molar-refractivity contribution >= 4 is 5.69 Å². The van der Waals surface area contributed by atoms with Gasteiger partial charge in [0.1, 0.15) is 0 Å². The molecule has 0 N–H and O–H groups in total. The molecule has 1 aromatic rings. The average Bonchev–Trinajstić information content (AvgIpc) is 2.24. The van der Waals surface area contributed by atoms with Crippen molar-refractivity contribution in [2.24, 2.45) is 0 Å². The summed E-state index contributed by atoms with van der Waals surface area (Å²) >= 11 is 0. The van der Waals surface area contributed by atoms with E-state index in [1.807, 2.05) is 0 Å². The number of nitrogens with zero attached hydrogens (tertiary/aromatic N) is 2. The highest BCUT2D eigenvalue weighted by Gasteiger charge is 2.35. The Bertz CT molecular complexity index is 407. The summed E-state index contributed by atoms with van der Waals surface area (Å²) in [6.07, 6.45) is -4.43. The van der Waals surface area contributed by atoms with Crippen LogP contribution in [0, 0.1) is 10.1 Å². The van der Waals surface area contributed by atoms with E-state index < -0.39 is 11.2 Å². The third-order valence-corrected chi connectivity index (χ3v) is 2.24. The summed E-state index contributed by atoms with van der Waals surface area (Å²) < 4.78 is 37.4. The topological polar surface area (TPSA) is 46.4 Å². The van der Waals surface area contributed by atoms with Gasteiger partial charge in [0.05, 0.1) is 4.92 Å². The first-order valence-corrected chi connectivity index (χ1v) is 4.89. The smallest absolute Gasteiger partial charge is 0.258 e. The molecule has 0 bridgehead atoms. The quantitative estimate of drug-likeness (QED) is 0.467. The molecule has 4 nitrogen and oxygen atoms in total. The van der Waals surface area contributed by atoms with Crippen LogP contribution in [0.1, 0.15) is 12.5 Å². The molecular weight excluding hydrogens is 237 g/mol. The molecule has 7 heteroatoms. The van der Waals surface area contributed by atoms with Gasteiger partial charge in [0.2, 0.25) is 0 Å². The fraction of sp³-hybridized carbons (Fsp3) is 0.400. The minimum Gasteiger partial charge on any atom is -0.258 e. The van der Waals surface area contributed by atoms with Gasteiger partial charge >= 0.3 is 6.30 Å². The van der Waals surface area contributed by atoms with Crippen LogP contribution in [0.3, 0.4) is 0 Å². The van der Waals surface area contributed by atoms with Crippen LogP contribution in [-0.4, -0.2) is 22.7 Å². The maximum Gasteiger partial charge on any atom is 0.460 e. The minimum atomic E-state index is -4.43. The largest absolute Gasteiger partial charge is 0.460 e. The van der Waals surface area contributed by atoms with Gasteiger partial charge in [-0.15, -0.1) is 0 Å². The predicted octanol–water partition coefficient (Wildman–Crippen LogP) is 2.94. The maximum absolute atomic E-state index is 12.5.